The van der Waals surface area contributed by atoms with Gasteiger partial charge in [0.05, 0.1) is 37.1 Å². The number of hydrogen-bond acceptors (Lipinski definition) is 5. The van der Waals surface area contributed by atoms with E-state index >= 15 is 0 Å². The van der Waals surface area contributed by atoms with E-state index in [4.69, 9.17) is 5.26 Å². The number of aromatic nitrogens is 3. The first-order valence-electron chi connectivity index (χ1n) is 12.3. The highest BCUT2D eigenvalue weighted by Crippen LogP contribution is 2.47. The number of carbonyl (C=O) groups is 1. The van der Waals surface area contributed by atoms with Crippen molar-refractivity contribution in [2.45, 2.75) is 51.4 Å². The zero-order chi connectivity index (χ0) is 25.6. The molecule has 1 aliphatic carbocycles. The average molecular weight is 510 g/mol. The molecule has 0 spiro atoms. The number of rotatable bonds is 5. The monoisotopic (exact) mass is 509 g/mol. The van der Waals surface area contributed by atoms with Gasteiger partial charge in [0.15, 0.2) is 0 Å². The van der Waals surface area contributed by atoms with E-state index in [-0.39, 0.29) is 30.0 Å². The maximum absolute atomic E-state index is 14.2. The summed E-state index contributed by atoms with van der Waals surface area (Å²) in [6.07, 6.45) is 3.24. The second kappa shape index (κ2) is 9.14. The van der Waals surface area contributed by atoms with Gasteiger partial charge in [-0.2, -0.15) is 5.26 Å². The van der Waals surface area contributed by atoms with Gasteiger partial charge in [0, 0.05) is 33.5 Å². The molecule has 1 amide bonds. The van der Waals surface area contributed by atoms with Gasteiger partial charge < -0.3 is 9.88 Å². The Balaban J connectivity index is 1.34. The fraction of sp³-hybridized carbons (Fsp3) is 0.310. The van der Waals surface area contributed by atoms with Gasteiger partial charge in [-0.05, 0) is 60.4 Å². The second-order valence-corrected chi connectivity index (χ2v) is 10.8. The molecule has 4 aromatic rings. The van der Waals surface area contributed by atoms with Gasteiger partial charge in [-0.1, -0.05) is 24.0 Å². The van der Waals surface area contributed by atoms with Crippen LogP contribution in [0.3, 0.4) is 0 Å². The largest absolute Gasteiger partial charge is 0.338 e. The third-order valence-corrected chi connectivity index (χ3v) is 7.96. The third-order valence-electron chi connectivity index (χ3n) is 7.08. The van der Waals surface area contributed by atoms with Gasteiger partial charge in [0.1, 0.15) is 11.9 Å². The molecule has 1 N–H and O–H groups in total. The van der Waals surface area contributed by atoms with Gasteiger partial charge >= 0.3 is 0 Å². The first-order valence-corrected chi connectivity index (χ1v) is 13.2. The van der Waals surface area contributed by atoms with Crippen molar-refractivity contribution in [2.75, 3.05) is 0 Å². The number of hydrogen-bond donors (Lipinski definition) is 1. The molecule has 4 heterocycles. The zero-order valence-electron chi connectivity index (χ0n) is 20.3. The number of benzene rings is 1. The lowest BCUT2D eigenvalue weighted by Gasteiger charge is -2.19. The van der Waals surface area contributed by atoms with Crippen LogP contribution in [0.1, 0.15) is 64.0 Å². The highest BCUT2D eigenvalue weighted by Gasteiger charge is 2.40. The predicted octanol–water partition coefficient (Wildman–Crippen LogP) is 5.26. The Morgan fingerprint density at radius 1 is 1.32 bits per heavy atom. The number of pyridine rings is 1. The van der Waals surface area contributed by atoms with Crippen molar-refractivity contribution in [3.8, 4) is 17.9 Å². The fourth-order valence-electron chi connectivity index (χ4n) is 4.91. The molecule has 6 rings (SSSR count). The minimum atomic E-state index is -0.955. The number of imidazole rings is 1. The molecule has 37 heavy (non-hydrogen) atoms. The molecule has 3 aromatic heterocycles. The summed E-state index contributed by atoms with van der Waals surface area (Å²) in [4.78, 5) is 22.6. The molecule has 1 fully saturated rings. The molecule has 6 nitrogen and oxygen atoms in total. The summed E-state index contributed by atoms with van der Waals surface area (Å²) < 4.78 is 17.1. The van der Waals surface area contributed by atoms with E-state index in [9.17, 15) is 9.18 Å². The number of nitriles is 1. The summed E-state index contributed by atoms with van der Waals surface area (Å²) >= 11 is 1.63. The summed E-state index contributed by atoms with van der Waals surface area (Å²) in [5.74, 6) is 6.05. The number of halogens is 1. The molecule has 0 radical (unpaired) electrons. The van der Waals surface area contributed by atoms with Crippen molar-refractivity contribution < 1.29 is 9.18 Å². The molecule has 8 heteroatoms. The van der Waals surface area contributed by atoms with Gasteiger partial charge in [-0.15, -0.1) is 11.3 Å². The van der Waals surface area contributed by atoms with Crippen molar-refractivity contribution in [2.24, 2.45) is 5.41 Å². The van der Waals surface area contributed by atoms with Crippen LogP contribution < -0.4 is 5.32 Å². The quantitative estimate of drug-likeness (QED) is 0.372. The minimum Gasteiger partial charge on any atom is -0.338 e. The summed E-state index contributed by atoms with van der Waals surface area (Å²) in [7, 11) is 0. The lowest BCUT2D eigenvalue weighted by atomic mass is 10.00. The molecule has 1 aliphatic heterocycles. The van der Waals surface area contributed by atoms with E-state index in [1.807, 2.05) is 35.1 Å². The summed E-state index contributed by atoms with van der Waals surface area (Å²) in [5, 5.41) is 15.4. The van der Waals surface area contributed by atoms with E-state index in [1.54, 1.807) is 23.7 Å². The molecule has 1 unspecified atom stereocenters. The smallest absolute Gasteiger partial charge is 0.270 e. The van der Waals surface area contributed by atoms with Gasteiger partial charge in [-0.25, -0.2) is 14.4 Å². The van der Waals surface area contributed by atoms with Crippen LogP contribution in [0.2, 0.25) is 0 Å². The highest BCUT2D eigenvalue weighted by atomic mass is 32.1. The summed E-state index contributed by atoms with van der Waals surface area (Å²) in [5.41, 5.74) is 3.77. The summed E-state index contributed by atoms with van der Waals surface area (Å²) in [6.45, 7) is 2.11. The maximum atomic E-state index is 14.2. The lowest BCUT2D eigenvalue weighted by Crippen LogP contribution is -2.31. The number of carbonyl (C=O) groups excluding carboxylic acids is 1. The number of nitrogens with one attached hydrogen (secondary N) is 1. The molecular weight excluding hydrogens is 485 g/mol. The fourth-order valence-corrected chi connectivity index (χ4v) is 5.74. The van der Waals surface area contributed by atoms with Crippen molar-refractivity contribution in [3.05, 3.63) is 82.0 Å². The van der Waals surface area contributed by atoms with Gasteiger partial charge in [0.25, 0.3) is 5.91 Å². The van der Waals surface area contributed by atoms with E-state index in [0.717, 1.165) is 34.2 Å². The maximum Gasteiger partial charge on any atom is 0.270 e. The van der Waals surface area contributed by atoms with Crippen molar-refractivity contribution >= 4 is 27.3 Å². The SMILES string of the molecule is Cc1cc(C#CC2(CC#N)CC2)cc(C(=O)NC(c2ccc3ccsc3c2)c2ncn3c2C[C@@H](F)C3)n1. The molecule has 1 aromatic carbocycles. The Kier molecular flexibility index (Phi) is 5.78. The normalized spacial score (nSPS) is 17.9. The lowest BCUT2D eigenvalue weighted by molar-refractivity contribution is 0.0937. The van der Waals surface area contributed by atoms with Crippen molar-refractivity contribution in [1.29, 1.82) is 5.26 Å². The topological polar surface area (TPSA) is 83.6 Å². The average Bonchev–Trinajstić information content (AvgIpc) is 3.17. The molecule has 0 bridgehead atoms. The minimum absolute atomic E-state index is 0.213. The van der Waals surface area contributed by atoms with Crippen LogP contribution in [0.25, 0.3) is 10.1 Å². The third kappa shape index (κ3) is 4.61. The Morgan fingerprint density at radius 2 is 2.19 bits per heavy atom. The summed E-state index contributed by atoms with van der Waals surface area (Å²) in [6, 6.07) is 13.3. The van der Waals surface area contributed by atoms with Crippen molar-refractivity contribution in [1.82, 2.24) is 19.9 Å². The number of alkyl halides is 1. The Bertz CT molecular complexity index is 1630. The van der Waals surface area contributed by atoms with E-state index in [0.29, 0.717) is 23.4 Å². The Hall–Kier alpha value is -4.01. The molecule has 2 atom stereocenters. The highest BCUT2D eigenvalue weighted by molar-refractivity contribution is 7.17. The van der Waals surface area contributed by atoms with Crippen LogP contribution in [0.5, 0.6) is 0 Å². The number of nitrogens with zero attached hydrogens (tertiary/aromatic N) is 4. The second-order valence-electron chi connectivity index (χ2n) is 9.90. The molecule has 0 saturated heterocycles. The molecule has 184 valence electrons. The van der Waals surface area contributed by atoms with Crippen LogP contribution in [0.4, 0.5) is 4.39 Å². The first kappa shape index (κ1) is 23.4. The van der Waals surface area contributed by atoms with E-state index in [1.165, 1.54) is 0 Å². The van der Waals surface area contributed by atoms with Crippen LogP contribution >= 0.6 is 11.3 Å². The molecule has 2 aliphatic rings. The molecule has 1 saturated carbocycles. The number of thiophene rings is 1. The standard InChI is InChI=1S/C29H24FN5OS/c1-18-12-19(4-6-29(7-8-29)9-10-31)13-23(33-18)28(36)34-26(21-3-2-20-5-11-37-25(20)14-21)27-24-15-22(30)16-35(24)17-32-27/h2-3,5,11-14,17,22,26H,7-9,15-16H2,1H3,(H,34,36)/t22-,26?/m1/s1. The van der Waals surface area contributed by atoms with Crippen LogP contribution in [0.15, 0.2) is 48.1 Å². The van der Waals surface area contributed by atoms with Crippen molar-refractivity contribution in [3.63, 3.8) is 0 Å². The molecular formula is C29H24FN5OS. The number of aryl methyl sites for hydroxylation is 1. The Morgan fingerprint density at radius 3 is 3.00 bits per heavy atom. The number of fused-ring (bicyclic) bond motifs is 2. The number of amides is 1. The predicted molar refractivity (Wildman–Crippen MR) is 140 cm³/mol. The van der Waals surface area contributed by atoms with E-state index in [2.05, 4.69) is 45.3 Å². The van der Waals surface area contributed by atoms with E-state index < -0.39 is 12.2 Å². The Labute approximate surface area is 218 Å². The van der Waals surface area contributed by atoms with Crippen LogP contribution in [-0.2, 0) is 13.0 Å². The van der Waals surface area contributed by atoms with Crippen LogP contribution in [-0.4, -0.2) is 26.6 Å². The van der Waals surface area contributed by atoms with Gasteiger partial charge in [0.2, 0.25) is 0 Å². The first-order chi connectivity index (χ1) is 17.9. The van der Waals surface area contributed by atoms with Crippen LogP contribution in [0, 0.1) is 35.5 Å². The zero-order valence-corrected chi connectivity index (χ0v) is 21.1. The van der Waals surface area contributed by atoms with Gasteiger partial charge in [-0.3, -0.25) is 4.79 Å².